The van der Waals surface area contributed by atoms with Crippen molar-refractivity contribution in [2.24, 2.45) is 0 Å². The Morgan fingerprint density at radius 1 is 1.44 bits per heavy atom. The van der Waals surface area contributed by atoms with Gasteiger partial charge in [-0.3, -0.25) is 4.79 Å². The van der Waals surface area contributed by atoms with Gasteiger partial charge in [0.2, 0.25) is 5.91 Å². The Bertz CT molecular complexity index is 378. The molecule has 0 fully saturated rings. The molecule has 1 aromatic carbocycles. The predicted octanol–water partition coefficient (Wildman–Crippen LogP) is 0.679. The number of aliphatic hydroxyl groups is 2. The van der Waals surface area contributed by atoms with E-state index in [9.17, 15) is 9.90 Å². The first kappa shape index (κ1) is 12.5. The number of carbonyl (C=O) groups excluding carboxylic acids is 1. The molecule has 3 N–H and O–H groups in total. The quantitative estimate of drug-likeness (QED) is 0.656. The lowest BCUT2D eigenvalue weighted by molar-refractivity contribution is -0.118. The number of fused-ring (bicyclic) bond motifs is 1. The molecule has 1 atom stereocenters. The highest BCUT2D eigenvalue weighted by molar-refractivity contribution is 5.94. The molecule has 1 amide bonds. The van der Waals surface area contributed by atoms with Crippen LogP contribution in [0.4, 0.5) is 5.69 Å². The molecule has 0 radical (unpaired) electrons. The van der Waals surface area contributed by atoms with Gasteiger partial charge >= 0.3 is 0 Å². The topological polar surface area (TPSA) is 78.8 Å². The summed E-state index contributed by atoms with van der Waals surface area (Å²) in [5.74, 6) is 0.497. The summed E-state index contributed by atoms with van der Waals surface area (Å²) >= 11 is 0. The minimum Gasteiger partial charge on any atom is -0.497 e. The van der Waals surface area contributed by atoms with E-state index in [1.165, 1.54) is 0 Å². The second-order valence-corrected chi connectivity index (χ2v) is 3.22. The third-order valence-electron chi connectivity index (χ3n) is 2.27. The number of hydrogen-bond donors (Lipinski definition) is 3. The predicted molar refractivity (Wildman–Crippen MR) is 59.3 cm³/mol. The van der Waals surface area contributed by atoms with Crippen molar-refractivity contribution in [3.8, 4) is 5.75 Å². The molecule has 1 heterocycles. The van der Waals surface area contributed by atoms with Crippen molar-refractivity contribution < 1.29 is 19.7 Å². The zero-order chi connectivity index (χ0) is 12.1. The van der Waals surface area contributed by atoms with Crippen molar-refractivity contribution in [2.75, 3.05) is 19.5 Å². The Morgan fingerprint density at radius 3 is 2.75 bits per heavy atom. The summed E-state index contributed by atoms with van der Waals surface area (Å²) in [7, 11) is 2.56. The smallest absolute Gasteiger partial charge is 0.227 e. The lowest BCUT2D eigenvalue weighted by atomic mass is 10.00. The summed E-state index contributed by atoms with van der Waals surface area (Å²) in [6, 6.07) is 5.23. The average Bonchev–Trinajstić information content (AvgIpc) is 2.30. The van der Waals surface area contributed by atoms with Gasteiger partial charge in [-0.2, -0.15) is 0 Å². The summed E-state index contributed by atoms with van der Waals surface area (Å²) < 4.78 is 5.02. The van der Waals surface area contributed by atoms with E-state index in [4.69, 9.17) is 9.84 Å². The number of nitrogens with one attached hydrogen (secondary N) is 1. The minimum absolute atomic E-state index is 0.124. The number of methoxy groups -OCH3 is 1. The van der Waals surface area contributed by atoms with Crippen LogP contribution in [0.15, 0.2) is 18.2 Å². The van der Waals surface area contributed by atoms with Crippen molar-refractivity contribution in [2.45, 2.75) is 12.5 Å². The summed E-state index contributed by atoms with van der Waals surface area (Å²) in [5, 5.41) is 19.3. The SMILES string of the molecule is CO.COc1ccc2c(c1)NC(=O)CC2O. The zero-order valence-electron chi connectivity index (χ0n) is 9.23. The van der Waals surface area contributed by atoms with Gasteiger partial charge in [0.05, 0.1) is 25.3 Å². The van der Waals surface area contributed by atoms with Gasteiger partial charge in [-0.15, -0.1) is 0 Å². The van der Waals surface area contributed by atoms with E-state index in [2.05, 4.69) is 5.32 Å². The van der Waals surface area contributed by atoms with E-state index in [1.54, 1.807) is 25.3 Å². The normalized spacial score (nSPS) is 17.8. The van der Waals surface area contributed by atoms with Crippen LogP contribution in [-0.2, 0) is 4.79 Å². The summed E-state index contributed by atoms with van der Waals surface area (Å²) in [5.41, 5.74) is 1.37. The average molecular weight is 225 g/mol. The van der Waals surface area contributed by atoms with Crippen molar-refractivity contribution in [3.63, 3.8) is 0 Å². The maximum atomic E-state index is 11.1. The van der Waals surface area contributed by atoms with E-state index in [0.717, 1.165) is 12.7 Å². The number of hydrogen-bond acceptors (Lipinski definition) is 4. The molecule has 0 spiro atoms. The molecule has 5 nitrogen and oxygen atoms in total. The highest BCUT2D eigenvalue weighted by Gasteiger charge is 2.23. The number of rotatable bonds is 1. The molecule has 1 unspecified atom stereocenters. The van der Waals surface area contributed by atoms with Crippen LogP contribution in [0.1, 0.15) is 18.1 Å². The van der Waals surface area contributed by atoms with Gasteiger partial charge in [-0.1, -0.05) is 6.07 Å². The van der Waals surface area contributed by atoms with Crippen molar-refractivity contribution in [1.29, 1.82) is 0 Å². The number of anilines is 1. The number of carbonyl (C=O) groups is 1. The Morgan fingerprint density at radius 2 is 2.12 bits per heavy atom. The van der Waals surface area contributed by atoms with Crippen LogP contribution in [0.5, 0.6) is 5.75 Å². The molecule has 0 saturated carbocycles. The fourth-order valence-electron chi connectivity index (χ4n) is 1.55. The van der Waals surface area contributed by atoms with Gasteiger partial charge in [-0.25, -0.2) is 0 Å². The fourth-order valence-corrected chi connectivity index (χ4v) is 1.55. The Balaban J connectivity index is 0.000000606. The van der Waals surface area contributed by atoms with Crippen LogP contribution in [0, 0.1) is 0 Å². The molecular formula is C11H15NO4. The van der Waals surface area contributed by atoms with Crippen LogP contribution < -0.4 is 10.1 Å². The molecule has 1 aliphatic rings. The first-order chi connectivity index (χ1) is 7.70. The number of ether oxygens (including phenoxy) is 1. The van der Waals surface area contributed by atoms with E-state index in [-0.39, 0.29) is 12.3 Å². The standard InChI is InChI=1S/C10H11NO3.CH4O/c1-14-6-2-3-7-8(4-6)11-10(13)5-9(7)12;1-2/h2-4,9,12H,5H2,1H3,(H,11,13);2H,1H3. The first-order valence-electron chi connectivity index (χ1n) is 4.81. The highest BCUT2D eigenvalue weighted by atomic mass is 16.5. The van der Waals surface area contributed by atoms with Gasteiger partial charge in [0.15, 0.2) is 0 Å². The highest BCUT2D eigenvalue weighted by Crippen LogP contribution is 2.32. The molecule has 1 aromatic rings. The van der Waals surface area contributed by atoms with Crippen molar-refractivity contribution >= 4 is 11.6 Å². The van der Waals surface area contributed by atoms with Gasteiger partial charge in [0.25, 0.3) is 0 Å². The fraction of sp³-hybridized carbons (Fsp3) is 0.364. The molecule has 88 valence electrons. The third-order valence-corrected chi connectivity index (χ3v) is 2.27. The largest absolute Gasteiger partial charge is 0.497 e. The molecule has 5 heteroatoms. The maximum absolute atomic E-state index is 11.1. The van der Waals surface area contributed by atoms with Crippen LogP contribution in [0.25, 0.3) is 0 Å². The monoisotopic (exact) mass is 225 g/mol. The first-order valence-corrected chi connectivity index (χ1v) is 4.81. The molecule has 0 aliphatic carbocycles. The lowest BCUT2D eigenvalue weighted by Gasteiger charge is -2.21. The molecule has 2 rings (SSSR count). The number of amides is 1. The van der Waals surface area contributed by atoms with Crippen LogP contribution >= 0.6 is 0 Å². The van der Waals surface area contributed by atoms with Crippen LogP contribution in [0.2, 0.25) is 0 Å². The number of aliphatic hydroxyl groups excluding tert-OH is 2. The molecule has 0 aromatic heterocycles. The van der Waals surface area contributed by atoms with Crippen LogP contribution in [-0.4, -0.2) is 30.3 Å². The van der Waals surface area contributed by atoms with Gasteiger partial charge in [-0.05, 0) is 6.07 Å². The number of benzene rings is 1. The van der Waals surface area contributed by atoms with Crippen LogP contribution in [0.3, 0.4) is 0 Å². The van der Waals surface area contributed by atoms with Crippen molar-refractivity contribution in [1.82, 2.24) is 0 Å². The summed E-state index contributed by atoms with van der Waals surface area (Å²) in [4.78, 5) is 11.1. The Hall–Kier alpha value is -1.59. The molecule has 0 saturated heterocycles. The maximum Gasteiger partial charge on any atom is 0.227 e. The molecule has 0 bridgehead atoms. The van der Waals surface area contributed by atoms with Gasteiger partial charge in [0, 0.05) is 18.7 Å². The molecule has 16 heavy (non-hydrogen) atoms. The van der Waals surface area contributed by atoms with E-state index in [1.807, 2.05) is 0 Å². The van der Waals surface area contributed by atoms with Crippen molar-refractivity contribution in [3.05, 3.63) is 23.8 Å². The second kappa shape index (κ2) is 5.48. The third kappa shape index (κ3) is 2.50. The van der Waals surface area contributed by atoms with E-state index in [0.29, 0.717) is 11.4 Å². The van der Waals surface area contributed by atoms with E-state index < -0.39 is 6.10 Å². The van der Waals surface area contributed by atoms with E-state index >= 15 is 0 Å². The summed E-state index contributed by atoms with van der Waals surface area (Å²) in [6.07, 6.45) is -0.580. The molecular weight excluding hydrogens is 210 g/mol. The molecule has 1 aliphatic heterocycles. The second-order valence-electron chi connectivity index (χ2n) is 3.22. The Labute approximate surface area is 93.7 Å². The lowest BCUT2D eigenvalue weighted by Crippen LogP contribution is -2.22. The van der Waals surface area contributed by atoms with Gasteiger partial charge < -0.3 is 20.3 Å². The Kier molecular flexibility index (Phi) is 4.28. The van der Waals surface area contributed by atoms with Gasteiger partial charge in [0.1, 0.15) is 5.75 Å². The summed E-state index contributed by atoms with van der Waals surface area (Å²) in [6.45, 7) is 0. The minimum atomic E-state index is -0.704. The zero-order valence-corrected chi connectivity index (χ0v) is 9.23.